The number of rotatable bonds is 4. The highest BCUT2D eigenvalue weighted by molar-refractivity contribution is 5.97. The number of aryl methyl sites for hydroxylation is 1. The number of hydrogen-bond donors (Lipinski definition) is 1. The van der Waals surface area contributed by atoms with Gasteiger partial charge in [-0.05, 0) is 13.0 Å². The maximum atomic E-state index is 11.7. The van der Waals surface area contributed by atoms with Crippen LogP contribution in [0.4, 0.5) is 11.4 Å². The zero-order chi connectivity index (χ0) is 17.9. The number of pyridine rings is 1. The number of nitrogens with two attached hydrogens (primary N) is 1. The number of aromatic nitrogens is 1. The van der Waals surface area contributed by atoms with Crippen LogP contribution >= 0.6 is 0 Å². The Hall–Kier alpha value is -3.67. The van der Waals surface area contributed by atoms with Crippen LogP contribution in [0.3, 0.4) is 0 Å². The van der Waals surface area contributed by atoms with Crippen molar-refractivity contribution >= 4 is 17.3 Å². The molecule has 1 aromatic carbocycles. The largest absolute Gasteiger partial charge is 0.465 e. The maximum absolute atomic E-state index is 11.7. The number of nitrogens with zero attached hydrogens (tertiary/aromatic N) is 3. The Kier molecular flexibility index (Phi) is 4.60. The van der Waals surface area contributed by atoms with Crippen LogP contribution in [0.2, 0.25) is 0 Å². The summed E-state index contributed by atoms with van der Waals surface area (Å²) in [6.45, 7) is 1.50. The number of nitro benzene ring substituents is 1. The maximum Gasteiger partial charge on any atom is 0.341 e. The predicted molar refractivity (Wildman–Crippen MR) is 82.6 cm³/mol. The highest BCUT2D eigenvalue weighted by atomic mass is 16.6. The van der Waals surface area contributed by atoms with E-state index in [9.17, 15) is 20.2 Å². The van der Waals surface area contributed by atoms with Gasteiger partial charge in [0.25, 0.3) is 5.69 Å². The summed E-state index contributed by atoms with van der Waals surface area (Å²) >= 11 is 0. The Morgan fingerprint density at radius 2 is 2.17 bits per heavy atom. The first-order chi connectivity index (χ1) is 11.4. The predicted octanol–water partition coefficient (Wildman–Crippen LogP) is 2.33. The molecule has 0 unspecified atom stereocenters. The van der Waals surface area contributed by atoms with E-state index in [1.165, 1.54) is 38.3 Å². The molecule has 122 valence electrons. The van der Waals surface area contributed by atoms with Crippen molar-refractivity contribution in [2.24, 2.45) is 0 Å². The zero-order valence-electron chi connectivity index (χ0n) is 12.8. The highest BCUT2D eigenvalue weighted by Crippen LogP contribution is 2.32. The van der Waals surface area contributed by atoms with Crippen LogP contribution < -0.4 is 10.5 Å². The molecule has 0 spiro atoms. The van der Waals surface area contributed by atoms with Crippen molar-refractivity contribution < 1.29 is 19.2 Å². The Morgan fingerprint density at radius 3 is 2.75 bits per heavy atom. The fourth-order valence-electron chi connectivity index (χ4n) is 2.01. The van der Waals surface area contributed by atoms with Crippen LogP contribution in [0.5, 0.6) is 11.6 Å². The summed E-state index contributed by atoms with van der Waals surface area (Å²) < 4.78 is 10.1. The second kappa shape index (κ2) is 6.62. The smallest absolute Gasteiger partial charge is 0.341 e. The summed E-state index contributed by atoms with van der Waals surface area (Å²) in [6.07, 6.45) is 0. The Morgan fingerprint density at radius 1 is 1.46 bits per heavy atom. The van der Waals surface area contributed by atoms with Gasteiger partial charge in [-0.3, -0.25) is 10.1 Å². The highest BCUT2D eigenvalue weighted by Gasteiger charge is 2.23. The number of nitrogen functional groups attached to an aromatic ring is 1. The van der Waals surface area contributed by atoms with Gasteiger partial charge in [0.15, 0.2) is 0 Å². The molecule has 0 radical (unpaired) electrons. The van der Waals surface area contributed by atoms with Gasteiger partial charge in [-0.2, -0.15) is 5.26 Å². The third-order valence-corrected chi connectivity index (χ3v) is 3.13. The number of carbonyl (C=O) groups excluding carboxylic acids is 1. The third kappa shape index (κ3) is 3.07. The fraction of sp³-hybridized carbons (Fsp3) is 0.133. The van der Waals surface area contributed by atoms with Crippen LogP contribution in [-0.2, 0) is 4.74 Å². The molecule has 2 N–H and O–H groups in total. The first-order valence-corrected chi connectivity index (χ1v) is 6.59. The lowest BCUT2D eigenvalue weighted by Crippen LogP contribution is -2.12. The van der Waals surface area contributed by atoms with Crippen LogP contribution in [0, 0.1) is 28.4 Å². The number of ether oxygens (including phenoxy) is 2. The number of anilines is 1. The van der Waals surface area contributed by atoms with Crippen molar-refractivity contribution in [1.29, 1.82) is 5.26 Å². The quantitative estimate of drug-likeness (QED) is 0.512. The molecule has 2 aromatic rings. The minimum absolute atomic E-state index is 0.0274. The lowest BCUT2D eigenvalue weighted by Gasteiger charge is -2.13. The van der Waals surface area contributed by atoms with E-state index in [0.717, 1.165) is 0 Å². The van der Waals surface area contributed by atoms with Gasteiger partial charge in [-0.15, -0.1) is 0 Å². The molecule has 0 aliphatic carbocycles. The SMILES string of the molecule is COC(=O)c1c(C)nc(Oc2cccc([N+](=O)[O-])c2)c(C#N)c1N. The van der Waals surface area contributed by atoms with Crippen LogP contribution in [-0.4, -0.2) is 23.0 Å². The van der Waals surface area contributed by atoms with Gasteiger partial charge < -0.3 is 15.2 Å². The molecule has 1 heterocycles. The topological polar surface area (TPSA) is 141 Å². The van der Waals surface area contributed by atoms with Gasteiger partial charge >= 0.3 is 5.97 Å². The Bertz CT molecular complexity index is 873. The molecule has 1 aromatic heterocycles. The molecule has 9 nitrogen and oxygen atoms in total. The summed E-state index contributed by atoms with van der Waals surface area (Å²) in [5.74, 6) is -0.769. The minimum atomic E-state index is -0.726. The number of hydrogen-bond acceptors (Lipinski definition) is 8. The number of benzene rings is 1. The summed E-state index contributed by atoms with van der Waals surface area (Å²) in [7, 11) is 1.18. The molecular formula is C15H12N4O5. The monoisotopic (exact) mass is 328 g/mol. The molecule has 24 heavy (non-hydrogen) atoms. The summed E-state index contributed by atoms with van der Waals surface area (Å²) in [5.41, 5.74) is 5.57. The van der Waals surface area contributed by atoms with Gasteiger partial charge in [0.05, 0.1) is 29.5 Å². The molecule has 0 bridgehead atoms. The number of esters is 1. The molecule has 0 amide bonds. The third-order valence-electron chi connectivity index (χ3n) is 3.13. The number of nitriles is 1. The van der Waals surface area contributed by atoms with Crippen LogP contribution in [0.1, 0.15) is 21.6 Å². The normalized spacial score (nSPS) is 9.88. The van der Waals surface area contributed by atoms with Crippen molar-refractivity contribution in [3.05, 3.63) is 51.2 Å². The molecule has 0 saturated heterocycles. The van der Waals surface area contributed by atoms with Crippen molar-refractivity contribution in [2.75, 3.05) is 12.8 Å². The van der Waals surface area contributed by atoms with Crippen molar-refractivity contribution in [1.82, 2.24) is 4.98 Å². The number of nitro groups is 1. The van der Waals surface area contributed by atoms with Gasteiger partial charge in [-0.25, -0.2) is 9.78 Å². The van der Waals surface area contributed by atoms with E-state index >= 15 is 0 Å². The molecule has 0 aliphatic rings. The average Bonchev–Trinajstić information content (AvgIpc) is 2.54. The Balaban J connectivity index is 2.52. The van der Waals surface area contributed by atoms with Gasteiger partial charge in [0, 0.05) is 6.07 Å². The average molecular weight is 328 g/mol. The zero-order valence-corrected chi connectivity index (χ0v) is 12.8. The van der Waals surface area contributed by atoms with E-state index < -0.39 is 10.9 Å². The molecule has 0 atom stereocenters. The molecule has 0 saturated carbocycles. The molecular weight excluding hydrogens is 316 g/mol. The summed E-state index contributed by atoms with van der Waals surface area (Å²) in [5, 5.41) is 20.1. The molecule has 0 aliphatic heterocycles. The molecule has 2 rings (SSSR count). The van der Waals surface area contributed by atoms with E-state index in [0.29, 0.717) is 0 Å². The first-order valence-electron chi connectivity index (χ1n) is 6.59. The summed E-state index contributed by atoms with van der Waals surface area (Å²) in [6, 6.07) is 7.19. The van der Waals surface area contributed by atoms with E-state index in [1.807, 2.05) is 6.07 Å². The number of carbonyl (C=O) groups is 1. The van der Waals surface area contributed by atoms with Crippen molar-refractivity contribution in [3.8, 4) is 17.7 Å². The standard InChI is InChI=1S/C15H12N4O5/c1-8-12(15(20)23-2)13(17)11(7-16)14(18-8)24-10-5-3-4-9(6-10)19(21)22/h3-6H,1-2H3,(H2,17,18). The molecule has 0 fully saturated rings. The van der Waals surface area contributed by atoms with Gasteiger partial charge in [0.1, 0.15) is 22.9 Å². The van der Waals surface area contributed by atoms with Crippen molar-refractivity contribution in [3.63, 3.8) is 0 Å². The van der Waals surface area contributed by atoms with Crippen LogP contribution in [0.25, 0.3) is 0 Å². The van der Waals surface area contributed by atoms with Gasteiger partial charge in [-0.1, -0.05) is 6.07 Å². The van der Waals surface area contributed by atoms with E-state index in [-0.39, 0.29) is 39.8 Å². The molecule has 9 heteroatoms. The second-order valence-corrected chi connectivity index (χ2v) is 4.63. The van der Waals surface area contributed by atoms with E-state index in [1.54, 1.807) is 0 Å². The van der Waals surface area contributed by atoms with E-state index in [2.05, 4.69) is 9.72 Å². The van der Waals surface area contributed by atoms with E-state index in [4.69, 9.17) is 10.5 Å². The van der Waals surface area contributed by atoms with Gasteiger partial charge in [0.2, 0.25) is 5.88 Å². The summed E-state index contributed by atoms with van der Waals surface area (Å²) in [4.78, 5) is 26.0. The fourth-order valence-corrected chi connectivity index (χ4v) is 2.01. The Labute approximate surface area is 136 Å². The lowest BCUT2D eigenvalue weighted by atomic mass is 10.1. The number of non-ortho nitro benzene ring substituents is 1. The lowest BCUT2D eigenvalue weighted by molar-refractivity contribution is -0.384. The number of methoxy groups -OCH3 is 1. The van der Waals surface area contributed by atoms with Crippen LogP contribution in [0.15, 0.2) is 24.3 Å². The first kappa shape index (κ1) is 16.7. The van der Waals surface area contributed by atoms with Crippen molar-refractivity contribution in [2.45, 2.75) is 6.92 Å². The second-order valence-electron chi connectivity index (χ2n) is 4.63. The minimum Gasteiger partial charge on any atom is -0.465 e.